The van der Waals surface area contributed by atoms with E-state index in [0.29, 0.717) is 0 Å². The molecule has 1 N–H and O–H groups in total. The van der Waals surface area contributed by atoms with Gasteiger partial charge in [-0.25, -0.2) is 4.98 Å². The molecule has 0 bridgehead atoms. The second kappa shape index (κ2) is 5.35. The first-order valence-electron chi connectivity index (χ1n) is 4.73. The second-order valence-corrected chi connectivity index (χ2v) is 3.13. The first-order chi connectivity index (χ1) is 6.76. The largest absolute Gasteiger partial charge is 0.301 e. The highest BCUT2D eigenvalue weighted by molar-refractivity contribution is 4.90. The molecule has 0 amide bonds. The molecule has 0 fully saturated rings. The summed E-state index contributed by atoms with van der Waals surface area (Å²) in [5, 5.41) is 15.9. The van der Waals surface area contributed by atoms with E-state index in [1.807, 2.05) is 14.0 Å². The minimum absolute atomic E-state index is 0.0567. The molecular formula is C9H15N5. The Labute approximate surface area is 83.8 Å². The lowest BCUT2D eigenvalue weighted by atomic mass is 10.2. The van der Waals surface area contributed by atoms with Crippen LogP contribution in [0.1, 0.15) is 19.2 Å². The van der Waals surface area contributed by atoms with Crippen LogP contribution in [0, 0.1) is 11.3 Å². The van der Waals surface area contributed by atoms with E-state index >= 15 is 0 Å². The molecule has 5 heteroatoms. The van der Waals surface area contributed by atoms with Gasteiger partial charge in [-0.3, -0.25) is 4.68 Å². The molecule has 1 aromatic rings. The number of nitrogens with one attached hydrogen (secondary N) is 1. The monoisotopic (exact) mass is 193 g/mol. The maximum absolute atomic E-state index is 8.68. The number of hydrogen-bond acceptors (Lipinski definition) is 4. The van der Waals surface area contributed by atoms with Gasteiger partial charge in [0.1, 0.15) is 6.33 Å². The lowest BCUT2D eigenvalue weighted by molar-refractivity contribution is 0.580. The first kappa shape index (κ1) is 10.7. The van der Waals surface area contributed by atoms with Crippen molar-refractivity contribution in [2.45, 2.75) is 25.8 Å². The summed E-state index contributed by atoms with van der Waals surface area (Å²) >= 11 is 0. The first-order valence-corrected chi connectivity index (χ1v) is 4.73. The normalized spacial score (nSPS) is 12.4. The van der Waals surface area contributed by atoms with Crippen molar-refractivity contribution in [2.75, 3.05) is 6.54 Å². The number of nitrogens with zero attached hydrogens (tertiary/aromatic N) is 4. The lowest BCUT2D eigenvalue weighted by Gasteiger charge is -2.06. The summed E-state index contributed by atoms with van der Waals surface area (Å²) in [4.78, 5) is 4.09. The summed E-state index contributed by atoms with van der Waals surface area (Å²) in [5.41, 5.74) is 0. The van der Waals surface area contributed by atoms with Crippen LogP contribution in [-0.4, -0.2) is 27.4 Å². The van der Waals surface area contributed by atoms with Crippen LogP contribution in [0.3, 0.4) is 0 Å². The van der Waals surface area contributed by atoms with Gasteiger partial charge in [0, 0.05) is 20.0 Å². The van der Waals surface area contributed by atoms with E-state index in [-0.39, 0.29) is 6.04 Å². The van der Waals surface area contributed by atoms with Gasteiger partial charge in [0.2, 0.25) is 0 Å². The zero-order valence-electron chi connectivity index (χ0n) is 8.56. The van der Waals surface area contributed by atoms with Gasteiger partial charge in [-0.2, -0.15) is 10.4 Å². The second-order valence-electron chi connectivity index (χ2n) is 3.13. The molecule has 0 aliphatic carbocycles. The number of nitriles is 1. The molecule has 0 saturated heterocycles. The Bertz CT molecular complexity index is 311. The van der Waals surface area contributed by atoms with Crippen LogP contribution >= 0.6 is 0 Å². The van der Waals surface area contributed by atoms with Crippen LogP contribution in [0.5, 0.6) is 0 Å². The van der Waals surface area contributed by atoms with Crippen molar-refractivity contribution in [3.63, 3.8) is 0 Å². The highest BCUT2D eigenvalue weighted by Gasteiger charge is 2.03. The van der Waals surface area contributed by atoms with Crippen LogP contribution in [0.25, 0.3) is 0 Å². The lowest BCUT2D eigenvalue weighted by Crippen LogP contribution is -2.28. The summed E-state index contributed by atoms with van der Waals surface area (Å²) < 4.78 is 1.68. The Balaban J connectivity index is 2.25. The molecule has 0 aromatic carbocycles. The van der Waals surface area contributed by atoms with E-state index < -0.39 is 0 Å². The zero-order valence-corrected chi connectivity index (χ0v) is 8.56. The topological polar surface area (TPSA) is 66.5 Å². The third-order valence-corrected chi connectivity index (χ3v) is 1.95. The Hall–Kier alpha value is -1.41. The Morgan fingerprint density at radius 3 is 3.00 bits per heavy atom. The molecule has 0 saturated carbocycles. The van der Waals surface area contributed by atoms with E-state index in [2.05, 4.69) is 21.5 Å². The van der Waals surface area contributed by atoms with E-state index in [1.54, 1.807) is 11.0 Å². The Kier molecular flexibility index (Phi) is 4.08. The molecule has 1 rings (SSSR count). The molecule has 0 radical (unpaired) electrons. The Morgan fingerprint density at radius 2 is 2.50 bits per heavy atom. The van der Waals surface area contributed by atoms with Crippen molar-refractivity contribution < 1.29 is 0 Å². The molecule has 1 heterocycles. The minimum Gasteiger partial charge on any atom is -0.301 e. The predicted octanol–water partition coefficient (Wildman–Crippen LogP) is 0.249. The quantitative estimate of drug-likeness (QED) is 0.728. The maximum Gasteiger partial charge on any atom is 0.151 e. The highest BCUT2D eigenvalue weighted by Crippen LogP contribution is 1.91. The number of hydrogen-bond donors (Lipinski definition) is 1. The average Bonchev–Trinajstić information content (AvgIpc) is 2.59. The summed E-state index contributed by atoms with van der Waals surface area (Å²) in [6, 6.07) is 2.13. The van der Waals surface area contributed by atoms with Crippen molar-refractivity contribution >= 4 is 0 Å². The average molecular weight is 193 g/mol. The zero-order chi connectivity index (χ0) is 10.4. The van der Waals surface area contributed by atoms with Gasteiger partial charge >= 0.3 is 0 Å². The summed E-state index contributed by atoms with van der Waals surface area (Å²) in [7, 11) is 1.84. The van der Waals surface area contributed by atoms with Crippen LogP contribution < -0.4 is 5.32 Å². The fourth-order valence-electron chi connectivity index (χ4n) is 1.14. The SMILES string of the molecule is CCC(C#N)NCCc1ncn(C)n1. The smallest absolute Gasteiger partial charge is 0.151 e. The molecule has 5 nitrogen and oxygen atoms in total. The third-order valence-electron chi connectivity index (χ3n) is 1.95. The van der Waals surface area contributed by atoms with Crippen molar-refractivity contribution in [3.05, 3.63) is 12.2 Å². The van der Waals surface area contributed by atoms with Gasteiger partial charge in [0.25, 0.3) is 0 Å². The van der Waals surface area contributed by atoms with Gasteiger partial charge in [0.05, 0.1) is 12.1 Å². The molecule has 1 aromatic heterocycles. The van der Waals surface area contributed by atoms with E-state index in [9.17, 15) is 0 Å². The van der Waals surface area contributed by atoms with Gasteiger partial charge in [0.15, 0.2) is 5.82 Å². The van der Waals surface area contributed by atoms with Gasteiger partial charge < -0.3 is 5.32 Å². The summed E-state index contributed by atoms with van der Waals surface area (Å²) in [6.07, 6.45) is 3.27. The molecule has 0 aliphatic heterocycles. The van der Waals surface area contributed by atoms with Crippen molar-refractivity contribution in [1.29, 1.82) is 5.26 Å². The number of aryl methyl sites for hydroxylation is 1. The molecule has 76 valence electrons. The van der Waals surface area contributed by atoms with Crippen LogP contribution in [-0.2, 0) is 13.5 Å². The van der Waals surface area contributed by atoms with Crippen LogP contribution in [0.4, 0.5) is 0 Å². The number of aromatic nitrogens is 3. The van der Waals surface area contributed by atoms with E-state index in [1.165, 1.54) is 0 Å². The number of rotatable bonds is 5. The molecule has 14 heavy (non-hydrogen) atoms. The summed E-state index contributed by atoms with van der Waals surface area (Å²) in [6.45, 7) is 2.73. The molecule has 0 aliphatic rings. The van der Waals surface area contributed by atoms with Gasteiger partial charge in [-0.15, -0.1) is 0 Å². The van der Waals surface area contributed by atoms with E-state index in [4.69, 9.17) is 5.26 Å². The molecule has 1 atom stereocenters. The van der Waals surface area contributed by atoms with Crippen molar-refractivity contribution in [1.82, 2.24) is 20.1 Å². The molecule has 1 unspecified atom stereocenters. The summed E-state index contributed by atoms with van der Waals surface area (Å²) in [5.74, 6) is 0.813. The maximum atomic E-state index is 8.68. The van der Waals surface area contributed by atoms with Gasteiger partial charge in [-0.05, 0) is 6.42 Å². The van der Waals surface area contributed by atoms with Crippen LogP contribution in [0.2, 0.25) is 0 Å². The highest BCUT2D eigenvalue weighted by atomic mass is 15.3. The minimum atomic E-state index is -0.0567. The fourth-order valence-corrected chi connectivity index (χ4v) is 1.14. The Morgan fingerprint density at radius 1 is 1.71 bits per heavy atom. The van der Waals surface area contributed by atoms with Gasteiger partial charge in [-0.1, -0.05) is 6.92 Å². The molecular weight excluding hydrogens is 178 g/mol. The molecule has 0 spiro atoms. The van der Waals surface area contributed by atoms with Crippen molar-refractivity contribution in [2.24, 2.45) is 7.05 Å². The van der Waals surface area contributed by atoms with Crippen LogP contribution in [0.15, 0.2) is 6.33 Å². The predicted molar refractivity (Wildman–Crippen MR) is 52.4 cm³/mol. The standard InChI is InChI=1S/C9H15N5/c1-3-8(6-10)11-5-4-9-12-7-14(2)13-9/h7-8,11H,3-5H2,1-2H3. The third kappa shape index (κ3) is 3.15. The van der Waals surface area contributed by atoms with Crippen molar-refractivity contribution in [3.8, 4) is 6.07 Å². The fraction of sp³-hybridized carbons (Fsp3) is 0.667. The van der Waals surface area contributed by atoms with E-state index in [0.717, 1.165) is 25.2 Å².